The van der Waals surface area contributed by atoms with E-state index in [9.17, 15) is 23.1 Å². The Morgan fingerprint density at radius 2 is 1.90 bits per heavy atom. The molecule has 1 N–H and O–H groups in total. The van der Waals surface area contributed by atoms with Gasteiger partial charge in [0.2, 0.25) is 0 Å². The Balaban J connectivity index is 3.30. The van der Waals surface area contributed by atoms with Gasteiger partial charge in [0.05, 0.1) is 23.3 Å². The zero-order valence-corrected chi connectivity index (χ0v) is 12.8. The van der Waals surface area contributed by atoms with Gasteiger partial charge in [-0.1, -0.05) is 15.9 Å². The number of carbonyl (C=O) groups excluding carboxylic acids is 1. The highest BCUT2D eigenvalue weighted by Crippen LogP contribution is 2.34. The van der Waals surface area contributed by atoms with E-state index in [1.165, 1.54) is 13.1 Å². The molecule has 0 saturated heterocycles. The number of rotatable bonds is 3. The van der Waals surface area contributed by atoms with Gasteiger partial charge in [0.15, 0.2) is 0 Å². The van der Waals surface area contributed by atoms with Crippen LogP contribution in [0.4, 0.5) is 13.2 Å². The van der Waals surface area contributed by atoms with E-state index in [1.807, 2.05) is 0 Å². The zero-order valence-electron chi connectivity index (χ0n) is 11.3. The Hall–Kier alpha value is -1.08. The van der Waals surface area contributed by atoms with Crippen molar-refractivity contribution in [1.82, 2.24) is 4.90 Å². The summed E-state index contributed by atoms with van der Waals surface area (Å²) < 4.78 is 39.2. The van der Waals surface area contributed by atoms with Crippen molar-refractivity contribution in [2.75, 3.05) is 13.7 Å². The number of hydrogen-bond acceptors (Lipinski definition) is 2. The van der Waals surface area contributed by atoms with Crippen LogP contribution in [0.3, 0.4) is 0 Å². The lowest BCUT2D eigenvalue weighted by atomic mass is 10.0. The third-order valence-corrected chi connectivity index (χ3v) is 3.61. The lowest BCUT2D eigenvalue weighted by Crippen LogP contribution is -2.48. The van der Waals surface area contributed by atoms with Gasteiger partial charge >= 0.3 is 6.18 Å². The summed E-state index contributed by atoms with van der Waals surface area (Å²) in [4.78, 5) is 13.3. The highest BCUT2D eigenvalue weighted by Gasteiger charge is 2.37. The molecule has 20 heavy (non-hydrogen) atoms. The molecule has 7 heteroatoms. The van der Waals surface area contributed by atoms with Crippen molar-refractivity contribution in [3.63, 3.8) is 0 Å². The molecule has 0 saturated carbocycles. The monoisotopic (exact) mass is 353 g/mol. The first-order chi connectivity index (χ1) is 9.00. The second kappa shape index (κ2) is 5.73. The molecule has 0 heterocycles. The van der Waals surface area contributed by atoms with E-state index in [0.717, 1.165) is 17.0 Å². The van der Waals surface area contributed by atoms with Gasteiger partial charge in [-0.2, -0.15) is 13.2 Å². The summed E-state index contributed by atoms with van der Waals surface area (Å²) in [6, 6.07) is 3.37. The number of benzene rings is 1. The molecule has 0 aromatic heterocycles. The summed E-state index contributed by atoms with van der Waals surface area (Å²) in [5, 5.41) is 9.21. The Labute approximate surface area is 123 Å². The molecule has 0 aliphatic heterocycles. The van der Waals surface area contributed by atoms with Crippen LogP contribution in [-0.4, -0.2) is 35.1 Å². The van der Waals surface area contributed by atoms with Crippen LogP contribution < -0.4 is 0 Å². The van der Waals surface area contributed by atoms with E-state index in [1.54, 1.807) is 13.8 Å². The van der Waals surface area contributed by atoms with Crippen molar-refractivity contribution in [3.8, 4) is 0 Å². The van der Waals surface area contributed by atoms with Gasteiger partial charge in [-0.15, -0.1) is 0 Å². The lowest BCUT2D eigenvalue weighted by molar-refractivity contribution is -0.138. The normalized spacial score (nSPS) is 12.4. The van der Waals surface area contributed by atoms with Gasteiger partial charge in [0.25, 0.3) is 5.91 Å². The zero-order chi connectivity index (χ0) is 15.7. The van der Waals surface area contributed by atoms with Crippen LogP contribution in [0.1, 0.15) is 29.8 Å². The van der Waals surface area contributed by atoms with Gasteiger partial charge < -0.3 is 10.0 Å². The van der Waals surface area contributed by atoms with Crippen LogP contribution in [-0.2, 0) is 6.18 Å². The molecular weight excluding hydrogens is 339 g/mol. The molecule has 1 aromatic rings. The Morgan fingerprint density at radius 3 is 2.35 bits per heavy atom. The SMILES string of the molecule is CN(C(=O)c1ccc(Br)cc1C(F)(F)F)C(C)(C)CO. The number of nitrogens with zero attached hydrogens (tertiary/aromatic N) is 1. The maximum Gasteiger partial charge on any atom is 0.417 e. The molecule has 1 rings (SSSR count). The van der Waals surface area contributed by atoms with Crippen LogP contribution in [0.25, 0.3) is 0 Å². The number of hydrogen-bond donors (Lipinski definition) is 1. The van der Waals surface area contributed by atoms with E-state index in [4.69, 9.17) is 0 Å². The van der Waals surface area contributed by atoms with Crippen molar-refractivity contribution in [2.45, 2.75) is 25.6 Å². The predicted molar refractivity (Wildman–Crippen MR) is 72.4 cm³/mol. The van der Waals surface area contributed by atoms with Crippen molar-refractivity contribution in [1.29, 1.82) is 0 Å². The third kappa shape index (κ3) is 3.52. The number of halogens is 4. The second-order valence-corrected chi connectivity index (χ2v) is 5.94. The van der Waals surface area contributed by atoms with Crippen molar-refractivity contribution in [3.05, 3.63) is 33.8 Å². The number of amides is 1. The molecule has 0 bridgehead atoms. The fourth-order valence-electron chi connectivity index (χ4n) is 1.50. The van der Waals surface area contributed by atoms with Crippen LogP contribution >= 0.6 is 15.9 Å². The summed E-state index contributed by atoms with van der Waals surface area (Å²) in [6.07, 6.45) is -4.63. The average molecular weight is 354 g/mol. The van der Waals surface area contributed by atoms with Crippen molar-refractivity contribution < 1.29 is 23.1 Å². The molecule has 0 aliphatic rings. The maximum atomic E-state index is 13.0. The van der Waals surface area contributed by atoms with Gasteiger partial charge in [-0.25, -0.2) is 0 Å². The smallest absolute Gasteiger partial charge is 0.394 e. The van der Waals surface area contributed by atoms with Gasteiger partial charge in [0.1, 0.15) is 0 Å². The standard InChI is InChI=1S/C13H15BrF3NO2/c1-12(2,7-19)18(3)11(20)9-5-4-8(14)6-10(9)13(15,16)17/h4-6,19H,7H2,1-3H3. The van der Waals surface area contributed by atoms with Crippen LogP contribution in [0.5, 0.6) is 0 Å². The first-order valence-electron chi connectivity index (χ1n) is 5.76. The van der Waals surface area contributed by atoms with Gasteiger partial charge in [0, 0.05) is 11.5 Å². The molecule has 0 spiro atoms. The number of likely N-dealkylation sites (N-methyl/N-ethyl adjacent to an activating group) is 1. The minimum atomic E-state index is -4.63. The molecule has 0 radical (unpaired) electrons. The lowest BCUT2D eigenvalue weighted by Gasteiger charge is -2.34. The summed E-state index contributed by atoms with van der Waals surface area (Å²) >= 11 is 2.96. The average Bonchev–Trinajstić information content (AvgIpc) is 2.35. The molecule has 0 fully saturated rings. The Bertz CT molecular complexity index is 515. The molecule has 0 aliphatic carbocycles. The first-order valence-corrected chi connectivity index (χ1v) is 6.56. The van der Waals surface area contributed by atoms with Crippen molar-refractivity contribution in [2.24, 2.45) is 0 Å². The molecule has 1 amide bonds. The molecule has 112 valence electrons. The highest BCUT2D eigenvalue weighted by atomic mass is 79.9. The highest BCUT2D eigenvalue weighted by molar-refractivity contribution is 9.10. The Morgan fingerprint density at radius 1 is 1.35 bits per heavy atom. The Kier molecular flexibility index (Phi) is 4.86. The van der Waals surface area contributed by atoms with E-state index < -0.39 is 28.7 Å². The van der Waals surface area contributed by atoms with E-state index in [2.05, 4.69) is 15.9 Å². The largest absolute Gasteiger partial charge is 0.417 e. The molecule has 0 unspecified atom stereocenters. The topological polar surface area (TPSA) is 40.5 Å². The third-order valence-electron chi connectivity index (χ3n) is 3.12. The molecule has 0 atom stereocenters. The number of alkyl halides is 3. The first kappa shape index (κ1) is 17.0. The number of aliphatic hydroxyl groups is 1. The number of carbonyl (C=O) groups is 1. The van der Waals surface area contributed by atoms with Crippen molar-refractivity contribution >= 4 is 21.8 Å². The molecule has 1 aromatic carbocycles. The second-order valence-electron chi connectivity index (χ2n) is 5.02. The van der Waals surface area contributed by atoms with E-state index in [0.29, 0.717) is 0 Å². The van der Waals surface area contributed by atoms with Crippen LogP contribution in [0.15, 0.2) is 22.7 Å². The van der Waals surface area contributed by atoms with Crippen LogP contribution in [0, 0.1) is 0 Å². The quantitative estimate of drug-likeness (QED) is 0.905. The van der Waals surface area contributed by atoms with E-state index >= 15 is 0 Å². The summed E-state index contributed by atoms with van der Waals surface area (Å²) in [5.74, 6) is -0.788. The van der Waals surface area contributed by atoms with Gasteiger partial charge in [-0.3, -0.25) is 4.79 Å². The van der Waals surface area contributed by atoms with E-state index in [-0.39, 0.29) is 11.1 Å². The predicted octanol–water partition coefficient (Wildman–Crippen LogP) is 3.31. The fraction of sp³-hybridized carbons (Fsp3) is 0.462. The summed E-state index contributed by atoms with van der Waals surface area (Å²) in [6.45, 7) is 2.78. The fourth-order valence-corrected chi connectivity index (χ4v) is 1.86. The minimum Gasteiger partial charge on any atom is -0.394 e. The molecule has 3 nitrogen and oxygen atoms in total. The van der Waals surface area contributed by atoms with Gasteiger partial charge in [-0.05, 0) is 32.0 Å². The van der Waals surface area contributed by atoms with Crippen LogP contribution in [0.2, 0.25) is 0 Å². The minimum absolute atomic E-state index is 0.241. The molecular formula is C13H15BrF3NO2. The summed E-state index contributed by atoms with van der Waals surface area (Å²) in [5.41, 5.74) is -2.39. The maximum absolute atomic E-state index is 13.0. The summed E-state index contributed by atoms with van der Waals surface area (Å²) in [7, 11) is 1.36. The number of aliphatic hydroxyl groups excluding tert-OH is 1.